The Labute approximate surface area is 216 Å². The number of likely N-dealkylation sites (N-methyl/N-ethyl adjacent to an activating group) is 1. The fraction of sp³-hybridized carbons (Fsp3) is 0.484. The lowest BCUT2D eigenvalue weighted by atomic mass is 9.75. The van der Waals surface area contributed by atoms with Crippen LogP contribution < -0.4 is 5.32 Å². The minimum atomic E-state index is 0.0816. The molecule has 1 aliphatic heterocycles. The van der Waals surface area contributed by atoms with E-state index in [0.29, 0.717) is 25.8 Å². The van der Waals surface area contributed by atoms with Crippen LogP contribution in [0.4, 0.5) is 0 Å². The first-order valence-corrected chi connectivity index (χ1v) is 13.5. The predicted molar refractivity (Wildman–Crippen MR) is 146 cm³/mol. The molecular formula is C31H41N3O2. The van der Waals surface area contributed by atoms with Crippen molar-refractivity contribution < 1.29 is 9.59 Å². The molecule has 2 aliphatic rings. The van der Waals surface area contributed by atoms with Crippen molar-refractivity contribution in [3.8, 4) is 0 Å². The quantitative estimate of drug-likeness (QED) is 0.537. The first kappa shape index (κ1) is 26.2. The first-order chi connectivity index (χ1) is 17.4. The summed E-state index contributed by atoms with van der Waals surface area (Å²) in [4.78, 5) is 29.6. The minimum absolute atomic E-state index is 0.0816. The number of benzene rings is 2. The van der Waals surface area contributed by atoms with Gasteiger partial charge in [0.15, 0.2) is 0 Å². The first-order valence-electron chi connectivity index (χ1n) is 13.5. The smallest absolute Gasteiger partial charge is 0.222 e. The fourth-order valence-corrected chi connectivity index (χ4v) is 5.73. The molecule has 1 heterocycles. The molecule has 0 radical (unpaired) electrons. The van der Waals surface area contributed by atoms with Crippen LogP contribution in [0.3, 0.4) is 0 Å². The van der Waals surface area contributed by atoms with Crippen molar-refractivity contribution >= 4 is 17.4 Å². The van der Waals surface area contributed by atoms with Crippen molar-refractivity contribution in [2.75, 3.05) is 27.2 Å². The largest absolute Gasteiger partial charge is 0.353 e. The van der Waals surface area contributed by atoms with Gasteiger partial charge in [-0.1, -0.05) is 66.7 Å². The number of carbonyl (C=O) groups is 2. The third-order valence-corrected chi connectivity index (χ3v) is 8.11. The Hall–Kier alpha value is -2.92. The normalized spacial score (nSPS) is 22.2. The third kappa shape index (κ3) is 6.85. The fourth-order valence-electron chi connectivity index (χ4n) is 5.73. The standard InChI is InChI=1S/C31H41N3O2/c1-33(2)31(24-25-10-5-3-6-11-25)20-16-28(17-21-31)32-29(35)14-9-15-30(36)34-22-18-27(19-23-34)26-12-7-4-8-13-26/h3-8,10-13,18,28H,9,14-17,19-24H2,1-2H3,(H,32,35). The molecule has 0 aromatic heterocycles. The lowest BCUT2D eigenvalue weighted by molar-refractivity contribution is -0.131. The van der Waals surface area contributed by atoms with E-state index in [1.54, 1.807) is 0 Å². The summed E-state index contributed by atoms with van der Waals surface area (Å²) in [5.74, 6) is 0.235. The second kappa shape index (κ2) is 12.4. The van der Waals surface area contributed by atoms with E-state index in [1.165, 1.54) is 16.7 Å². The summed E-state index contributed by atoms with van der Waals surface area (Å²) in [6, 6.07) is 21.3. The average Bonchev–Trinajstić information content (AvgIpc) is 2.91. The average molecular weight is 488 g/mol. The Balaban J connectivity index is 1.16. The lowest BCUT2D eigenvalue weighted by Crippen LogP contribution is -2.52. The van der Waals surface area contributed by atoms with E-state index in [0.717, 1.165) is 45.1 Å². The molecule has 4 rings (SSSR count). The Bertz CT molecular complexity index is 1020. The summed E-state index contributed by atoms with van der Waals surface area (Å²) in [5, 5.41) is 3.24. The maximum atomic E-state index is 12.7. The molecule has 0 bridgehead atoms. The van der Waals surface area contributed by atoms with Gasteiger partial charge in [0.25, 0.3) is 0 Å². The van der Waals surface area contributed by atoms with E-state index < -0.39 is 0 Å². The van der Waals surface area contributed by atoms with E-state index in [9.17, 15) is 9.59 Å². The lowest BCUT2D eigenvalue weighted by Gasteiger charge is -2.45. The van der Waals surface area contributed by atoms with Crippen LogP contribution in [-0.4, -0.2) is 60.4 Å². The number of rotatable bonds is 9. The molecule has 192 valence electrons. The summed E-state index contributed by atoms with van der Waals surface area (Å²) < 4.78 is 0. The summed E-state index contributed by atoms with van der Waals surface area (Å²) in [6.07, 6.45) is 9.71. The van der Waals surface area contributed by atoms with Gasteiger partial charge in [-0.05, 0) is 75.7 Å². The van der Waals surface area contributed by atoms with Crippen molar-refractivity contribution in [3.05, 3.63) is 77.9 Å². The highest BCUT2D eigenvalue weighted by Gasteiger charge is 2.37. The molecule has 1 fully saturated rings. The highest BCUT2D eigenvalue weighted by atomic mass is 16.2. The van der Waals surface area contributed by atoms with Crippen LogP contribution in [0.5, 0.6) is 0 Å². The van der Waals surface area contributed by atoms with Gasteiger partial charge in [-0.25, -0.2) is 0 Å². The number of hydrogen-bond acceptors (Lipinski definition) is 3. The predicted octanol–water partition coefficient (Wildman–Crippen LogP) is 5.07. The second-order valence-electron chi connectivity index (χ2n) is 10.7. The van der Waals surface area contributed by atoms with Crippen molar-refractivity contribution in [3.63, 3.8) is 0 Å². The Morgan fingerprint density at radius 1 is 0.972 bits per heavy atom. The number of carbonyl (C=O) groups excluding carboxylic acids is 2. The molecule has 2 aromatic carbocycles. The van der Waals surface area contributed by atoms with Gasteiger partial charge in [0, 0.05) is 37.5 Å². The highest BCUT2D eigenvalue weighted by molar-refractivity contribution is 5.80. The summed E-state index contributed by atoms with van der Waals surface area (Å²) in [7, 11) is 4.36. The van der Waals surface area contributed by atoms with Gasteiger partial charge >= 0.3 is 0 Å². The number of nitrogens with one attached hydrogen (secondary N) is 1. The van der Waals surface area contributed by atoms with Crippen LogP contribution in [-0.2, 0) is 16.0 Å². The highest BCUT2D eigenvalue weighted by Crippen LogP contribution is 2.35. The molecule has 36 heavy (non-hydrogen) atoms. The SMILES string of the molecule is CN(C)C1(Cc2ccccc2)CCC(NC(=O)CCCC(=O)N2CC=C(c3ccccc3)CC2)CC1. The van der Waals surface area contributed by atoms with Crippen LogP contribution in [0.25, 0.3) is 5.57 Å². The van der Waals surface area contributed by atoms with Crippen molar-refractivity contribution in [2.45, 2.75) is 69.4 Å². The number of amides is 2. The minimum Gasteiger partial charge on any atom is -0.353 e. The molecule has 1 aliphatic carbocycles. The summed E-state index contributed by atoms with van der Waals surface area (Å²) in [5.41, 5.74) is 4.08. The molecule has 0 saturated heterocycles. The van der Waals surface area contributed by atoms with Crippen molar-refractivity contribution in [1.29, 1.82) is 0 Å². The molecule has 5 nitrogen and oxygen atoms in total. The maximum absolute atomic E-state index is 12.7. The number of nitrogens with zero attached hydrogens (tertiary/aromatic N) is 2. The zero-order valence-corrected chi connectivity index (χ0v) is 21.9. The Morgan fingerprint density at radius 3 is 2.25 bits per heavy atom. The van der Waals surface area contributed by atoms with Crippen LogP contribution >= 0.6 is 0 Å². The second-order valence-corrected chi connectivity index (χ2v) is 10.7. The van der Waals surface area contributed by atoms with Gasteiger partial charge in [0.05, 0.1) is 0 Å². The van der Waals surface area contributed by atoms with Gasteiger partial charge in [0.1, 0.15) is 0 Å². The van der Waals surface area contributed by atoms with Crippen LogP contribution in [0, 0.1) is 0 Å². The van der Waals surface area contributed by atoms with E-state index in [4.69, 9.17) is 0 Å². The molecule has 1 N–H and O–H groups in total. The zero-order valence-electron chi connectivity index (χ0n) is 21.9. The van der Waals surface area contributed by atoms with E-state index in [1.807, 2.05) is 11.0 Å². The van der Waals surface area contributed by atoms with Gasteiger partial charge in [-0.15, -0.1) is 0 Å². The van der Waals surface area contributed by atoms with Crippen LogP contribution in [0.1, 0.15) is 62.5 Å². The third-order valence-electron chi connectivity index (χ3n) is 8.11. The Morgan fingerprint density at radius 2 is 1.64 bits per heavy atom. The van der Waals surface area contributed by atoms with Crippen LogP contribution in [0.15, 0.2) is 66.7 Å². The monoisotopic (exact) mass is 487 g/mol. The van der Waals surface area contributed by atoms with Gasteiger partial charge in [0.2, 0.25) is 11.8 Å². The molecule has 0 unspecified atom stereocenters. The Kier molecular flexibility index (Phi) is 8.98. The molecule has 5 heteroatoms. The van der Waals surface area contributed by atoms with Gasteiger partial charge in [-0.2, -0.15) is 0 Å². The number of hydrogen-bond donors (Lipinski definition) is 1. The van der Waals surface area contributed by atoms with E-state index in [-0.39, 0.29) is 23.4 Å². The topological polar surface area (TPSA) is 52.7 Å². The van der Waals surface area contributed by atoms with Gasteiger partial charge in [-0.3, -0.25) is 9.59 Å². The van der Waals surface area contributed by atoms with E-state index in [2.05, 4.69) is 85.0 Å². The summed E-state index contributed by atoms with van der Waals surface area (Å²) >= 11 is 0. The zero-order chi connectivity index (χ0) is 25.4. The van der Waals surface area contributed by atoms with Crippen molar-refractivity contribution in [1.82, 2.24) is 15.1 Å². The molecule has 0 spiro atoms. The molecule has 0 atom stereocenters. The summed E-state index contributed by atoms with van der Waals surface area (Å²) in [6.45, 7) is 1.42. The van der Waals surface area contributed by atoms with E-state index >= 15 is 0 Å². The van der Waals surface area contributed by atoms with Gasteiger partial charge < -0.3 is 15.1 Å². The molecule has 2 amide bonds. The molecular weight excluding hydrogens is 446 g/mol. The molecule has 2 aromatic rings. The molecule has 1 saturated carbocycles. The maximum Gasteiger partial charge on any atom is 0.222 e. The van der Waals surface area contributed by atoms with Crippen LogP contribution in [0.2, 0.25) is 0 Å². The van der Waals surface area contributed by atoms with Crippen molar-refractivity contribution in [2.24, 2.45) is 0 Å².